The van der Waals surface area contributed by atoms with Gasteiger partial charge < -0.3 is 4.74 Å². The SMILES string of the molecule is CC(=O)CC(=O)OCCCCS. The summed E-state index contributed by atoms with van der Waals surface area (Å²) in [6.07, 6.45) is 1.63. The van der Waals surface area contributed by atoms with E-state index in [1.807, 2.05) is 0 Å². The summed E-state index contributed by atoms with van der Waals surface area (Å²) < 4.78 is 4.76. The van der Waals surface area contributed by atoms with Crippen LogP contribution in [0.15, 0.2) is 0 Å². The first-order valence-corrected chi connectivity index (χ1v) is 4.56. The van der Waals surface area contributed by atoms with E-state index in [9.17, 15) is 9.59 Å². The normalized spacial score (nSPS) is 9.50. The highest BCUT2D eigenvalue weighted by molar-refractivity contribution is 7.80. The summed E-state index contributed by atoms with van der Waals surface area (Å²) in [5, 5.41) is 0. The van der Waals surface area contributed by atoms with Gasteiger partial charge in [-0.15, -0.1) is 0 Å². The average Bonchev–Trinajstić information content (AvgIpc) is 1.97. The molecule has 0 N–H and O–H groups in total. The van der Waals surface area contributed by atoms with Crippen LogP contribution in [0.4, 0.5) is 0 Å². The smallest absolute Gasteiger partial charge is 0.313 e. The van der Waals surface area contributed by atoms with Crippen molar-refractivity contribution in [2.45, 2.75) is 26.2 Å². The van der Waals surface area contributed by atoms with E-state index in [-0.39, 0.29) is 12.2 Å². The zero-order valence-corrected chi connectivity index (χ0v) is 8.10. The number of ether oxygens (including phenoxy) is 1. The fourth-order valence-electron chi connectivity index (χ4n) is 0.654. The molecule has 0 radical (unpaired) electrons. The Morgan fingerprint density at radius 3 is 2.50 bits per heavy atom. The van der Waals surface area contributed by atoms with Gasteiger partial charge in [0.25, 0.3) is 0 Å². The molecule has 0 saturated heterocycles. The summed E-state index contributed by atoms with van der Waals surface area (Å²) in [5.74, 6) is 0.209. The van der Waals surface area contributed by atoms with Crippen LogP contribution in [0.1, 0.15) is 26.2 Å². The van der Waals surface area contributed by atoms with Crippen LogP contribution in [0.3, 0.4) is 0 Å². The van der Waals surface area contributed by atoms with E-state index >= 15 is 0 Å². The molecule has 0 atom stereocenters. The summed E-state index contributed by atoms with van der Waals surface area (Å²) in [5.41, 5.74) is 0. The quantitative estimate of drug-likeness (QED) is 0.296. The number of hydrogen-bond acceptors (Lipinski definition) is 4. The van der Waals surface area contributed by atoms with Gasteiger partial charge in [0, 0.05) is 0 Å². The number of thiol groups is 1. The number of ketones is 1. The van der Waals surface area contributed by atoms with Crippen LogP contribution in [-0.2, 0) is 14.3 Å². The molecule has 0 aliphatic carbocycles. The number of hydrogen-bond donors (Lipinski definition) is 1. The maximum atomic E-state index is 10.8. The van der Waals surface area contributed by atoms with Gasteiger partial charge in [0.15, 0.2) is 0 Å². The number of carbonyl (C=O) groups is 2. The minimum Gasteiger partial charge on any atom is -0.465 e. The lowest BCUT2D eigenvalue weighted by atomic mass is 10.3. The Bertz CT molecular complexity index is 156. The maximum Gasteiger partial charge on any atom is 0.313 e. The van der Waals surface area contributed by atoms with Crippen LogP contribution in [0, 0.1) is 0 Å². The molecule has 0 rings (SSSR count). The van der Waals surface area contributed by atoms with Crippen LogP contribution >= 0.6 is 12.6 Å². The van der Waals surface area contributed by atoms with Crippen molar-refractivity contribution in [3.8, 4) is 0 Å². The van der Waals surface area contributed by atoms with Crippen molar-refractivity contribution in [1.82, 2.24) is 0 Å². The standard InChI is InChI=1S/C8H14O3S/c1-7(9)6-8(10)11-4-2-3-5-12/h12H,2-6H2,1H3. The van der Waals surface area contributed by atoms with Crippen LogP contribution in [0.2, 0.25) is 0 Å². The first kappa shape index (κ1) is 11.5. The number of rotatable bonds is 6. The Balaban J connectivity index is 3.26. The predicted octanol–water partition coefficient (Wildman–Crippen LogP) is 1.22. The Morgan fingerprint density at radius 1 is 1.33 bits per heavy atom. The van der Waals surface area contributed by atoms with Gasteiger partial charge in [-0.1, -0.05) is 0 Å². The van der Waals surface area contributed by atoms with Gasteiger partial charge in [-0.05, 0) is 25.5 Å². The van der Waals surface area contributed by atoms with Gasteiger partial charge in [0.05, 0.1) is 6.61 Å². The molecule has 12 heavy (non-hydrogen) atoms. The highest BCUT2D eigenvalue weighted by atomic mass is 32.1. The Hall–Kier alpha value is -0.510. The Labute approximate surface area is 77.9 Å². The van der Waals surface area contributed by atoms with Gasteiger partial charge in [-0.3, -0.25) is 9.59 Å². The zero-order valence-electron chi connectivity index (χ0n) is 7.21. The molecule has 0 amide bonds. The first-order valence-electron chi connectivity index (χ1n) is 3.92. The van der Waals surface area contributed by atoms with E-state index < -0.39 is 5.97 Å². The summed E-state index contributed by atoms with van der Waals surface area (Å²) in [7, 11) is 0. The largest absolute Gasteiger partial charge is 0.465 e. The van der Waals surface area contributed by atoms with E-state index in [0.717, 1.165) is 18.6 Å². The van der Waals surface area contributed by atoms with Crippen molar-refractivity contribution in [2.75, 3.05) is 12.4 Å². The second kappa shape index (κ2) is 7.16. The predicted molar refractivity (Wildman–Crippen MR) is 49.3 cm³/mol. The molecule has 0 aliphatic rings. The fourth-order valence-corrected chi connectivity index (χ4v) is 0.878. The van der Waals surface area contributed by atoms with Gasteiger partial charge in [0.1, 0.15) is 12.2 Å². The zero-order chi connectivity index (χ0) is 9.40. The van der Waals surface area contributed by atoms with Crippen molar-refractivity contribution >= 4 is 24.4 Å². The summed E-state index contributed by atoms with van der Waals surface area (Å²) in [6.45, 7) is 1.77. The summed E-state index contributed by atoms with van der Waals surface area (Å²) in [6, 6.07) is 0. The van der Waals surface area contributed by atoms with E-state index in [1.54, 1.807) is 0 Å². The van der Waals surface area contributed by atoms with Crippen molar-refractivity contribution in [1.29, 1.82) is 0 Å². The Kier molecular flexibility index (Phi) is 6.85. The van der Waals surface area contributed by atoms with Crippen LogP contribution in [0.25, 0.3) is 0 Å². The molecule has 4 heteroatoms. The van der Waals surface area contributed by atoms with E-state index in [2.05, 4.69) is 12.6 Å². The lowest BCUT2D eigenvalue weighted by Crippen LogP contribution is -2.09. The second-order valence-corrected chi connectivity index (χ2v) is 2.98. The number of unbranched alkanes of at least 4 members (excludes halogenated alkanes) is 1. The molecule has 0 fully saturated rings. The second-order valence-electron chi connectivity index (χ2n) is 2.53. The van der Waals surface area contributed by atoms with E-state index in [0.29, 0.717) is 6.61 Å². The molecule has 3 nitrogen and oxygen atoms in total. The van der Waals surface area contributed by atoms with E-state index in [4.69, 9.17) is 4.74 Å². The van der Waals surface area contributed by atoms with Crippen LogP contribution in [0.5, 0.6) is 0 Å². The lowest BCUT2D eigenvalue weighted by Gasteiger charge is -2.01. The van der Waals surface area contributed by atoms with Gasteiger partial charge in [-0.2, -0.15) is 12.6 Å². The first-order chi connectivity index (χ1) is 5.66. The summed E-state index contributed by atoms with van der Waals surface area (Å²) in [4.78, 5) is 21.2. The third-order valence-electron chi connectivity index (χ3n) is 1.21. The Morgan fingerprint density at radius 2 is 2.00 bits per heavy atom. The third-order valence-corrected chi connectivity index (χ3v) is 1.53. The fraction of sp³-hybridized carbons (Fsp3) is 0.750. The van der Waals surface area contributed by atoms with Crippen molar-refractivity contribution < 1.29 is 14.3 Å². The number of esters is 1. The number of Topliss-reactive ketones (excluding diaryl/α,β-unsaturated/α-hetero) is 1. The van der Waals surface area contributed by atoms with Crippen LogP contribution in [-0.4, -0.2) is 24.1 Å². The molecule has 0 aromatic carbocycles. The molecule has 0 spiro atoms. The lowest BCUT2D eigenvalue weighted by molar-refractivity contribution is -0.145. The van der Waals surface area contributed by atoms with Crippen molar-refractivity contribution in [2.24, 2.45) is 0 Å². The topological polar surface area (TPSA) is 43.4 Å². The van der Waals surface area contributed by atoms with E-state index in [1.165, 1.54) is 6.92 Å². The number of carbonyl (C=O) groups excluding carboxylic acids is 2. The molecule has 0 aliphatic heterocycles. The van der Waals surface area contributed by atoms with Gasteiger partial charge in [0.2, 0.25) is 0 Å². The molecule has 0 heterocycles. The molecule has 70 valence electrons. The summed E-state index contributed by atoms with van der Waals surface area (Å²) >= 11 is 4.01. The highest BCUT2D eigenvalue weighted by Crippen LogP contribution is 1.94. The third kappa shape index (κ3) is 7.60. The molecule has 0 saturated carbocycles. The monoisotopic (exact) mass is 190 g/mol. The van der Waals surface area contributed by atoms with Crippen molar-refractivity contribution in [3.63, 3.8) is 0 Å². The molecular formula is C8H14O3S. The van der Waals surface area contributed by atoms with Gasteiger partial charge in [-0.25, -0.2) is 0 Å². The minimum atomic E-state index is -0.429. The molecule has 0 aromatic rings. The minimum absolute atomic E-state index is 0.110. The molecular weight excluding hydrogens is 176 g/mol. The van der Waals surface area contributed by atoms with Crippen LogP contribution < -0.4 is 0 Å². The van der Waals surface area contributed by atoms with Crippen molar-refractivity contribution in [3.05, 3.63) is 0 Å². The maximum absolute atomic E-state index is 10.8. The molecule has 0 unspecified atom stereocenters. The highest BCUT2D eigenvalue weighted by Gasteiger charge is 2.04. The van der Waals surface area contributed by atoms with Gasteiger partial charge >= 0.3 is 5.97 Å². The molecule has 0 bridgehead atoms. The molecule has 0 aromatic heterocycles. The average molecular weight is 190 g/mol.